The Morgan fingerprint density at radius 2 is 2.11 bits per heavy atom. The minimum atomic E-state index is 0.586. The lowest BCUT2D eigenvalue weighted by molar-refractivity contribution is 0.254. The molecule has 1 aromatic carbocycles. The van der Waals surface area contributed by atoms with E-state index < -0.39 is 0 Å². The number of hydrogen-bond donors (Lipinski definition) is 1. The molecular formula is C16H26N2S. The van der Waals surface area contributed by atoms with Crippen LogP contribution in [0.4, 0.5) is 0 Å². The molecule has 0 saturated carbocycles. The lowest BCUT2D eigenvalue weighted by Crippen LogP contribution is -2.30. The fourth-order valence-electron chi connectivity index (χ4n) is 2.66. The van der Waals surface area contributed by atoms with Crippen LogP contribution in [0.5, 0.6) is 0 Å². The normalized spacial score (nSPS) is 20.9. The smallest absolute Gasteiger partial charge is 0.0233 e. The lowest BCUT2D eigenvalue weighted by Gasteiger charge is -2.23. The minimum absolute atomic E-state index is 0.586. The van der Waals surface area contributed by atoms with E-state index in [0.717, 1.165) is 19.1 Å². The number of hydrogen-bond acceptors (Lipinski definition) is 3. The Hall–Kier alpha value is -0.510. The van der Waals surface area contributed by atoms with Crippen LogP contribution in [0.2, 0.25) is 0 Å². The number of nitrogens with zero attached hydrogens (tertiary/aromatic N) is 1. The van der Waals surface area contributed by atoms with Gasteiger partial charge in [-0.2, -0.15) is 11.8 Å². The van der Waals surface area contributed by atoms with Crippen molar-refractivity contribution in [1.29, 1.82) is 0 Å². The number of likely N-dealkylation sites (N-methyl/N-ethyl adjacent to an activating group) is 1. The third-order valence-electron chi connectivity index (χ3n) is 4.02. The highest BCUT2D eigenvalue weighted by Gasteiger charge is 2.19. The Bertz CT molecular complexity index is 371. The van der Waals surface area contributed by atoms with Crippen molar-refractivity contribution in [1.82, 2.24) is 10.2 Å². The molecule has 1 fully saturated rings. The molecule has 3 heteroatoms. The van der Waals surface area contributed by atoms with Gasteiger partial charge in [0.05, 0.1) is 0 Å². The maximum Gasteiger partial charge on any atom is 0.0233 e. The van der Waals surface area contributed by atoms with Crippen molar-refractivity contribution in [3.05, 3.63) is 35.4 Å². The molecule has 0 amide bonds. The molecular weight excluding hydrogens is 252 g/mol. The SMILES string of the molecule is CNCC(C)c1ccc(CN(C)C2CCSC2)cc1. The highest BCUT2D eigenvalue weighted by Crippen LogP contribution is 2.23. The molecule has 2 unspecified atom stereocenters. The highest BCUT2D eigenvalue weighted by atomic mass is 32.2. The summed E-state index contributed by atoms with van der Waals surface area (Å²) in [5.41, 5.74) is 2.86. The van der Waals surface area contributed by atoms with Crippen LogP contribution >= 0.6 is 11.8 Å². The van der Waals surface area contributed by atoms with Crippen LogP contribution in [0.15, 0.2) is 24.3 Å². The molecule has 2 atom stereocenters. The van der Waals surface area contributed by atoms with Crippen molar-refractivity contribution >= 4 is 11.8 Å². The molecule has 1 aliphatic heterocycles. The predicted molar refractivity (Wildman–Crippen MR) is 86.0 cm³/mol. The van der Waals surface area contributed by atoms with Crippen molar-refractivity contribution in [2.75, 3.05) is 32.1 Å². The van der Waals surface area contributed by atoms with Crippen molar-refractivity contribution in [2.24, 2.45) is 0 Å². The van der Waals surface area contributed by atoms with Crippen LogP contribution in [0.25, 0.3) is 0 Å². The first-order chi connectivity index (χ1) is 9.20. The van der Waals surface area contributed by atoms with Gasteiger partial charge in [-0.25, -0.2) is 0 Å². The van der Waals surface area contributed by atoms with Crippen molar-refractivity contribution in [3.8, 4) is 0 Å². The molecule has 0 radical (unpaired) electrons. The third-order valence-corrected chi connectivity index (χ3v) is 5.16. The van der Waals surface area contributed by atoms with Crippen LogP contribution in [0, 0.1) is 0 Å². The summed E-state index contributed by atoms with van der Waals surface area (Å²) in [6.45, 7) is 4.39. The molecule has 19 heavy (non-hydrogen) atoms. The van der Waals surface area contributed by atoms with E-state index in [-0.39, 0.29) is 0 Å². The summed E-state index contributed by atoms with van der Waals surface area (Å²) in [6.07, 6.45) is 1.35. The van der Waals surface area contributed by atoms with Crippen LogP contribution < -0.4 is 5.32 Å². The number of rotatable bonds is 6. The molecule has 0 aromatic heterocycles. The van der Waals surface area contributed by atoms with E-state index in [1.54, 1.807) is 0 Å². The zero-order valence-electron chi connectivity index (χ0n) is 12.4. The first kappa shape index (κ1) is 14.9. The van der Waals surface area contributed by atoms with Gasteiger partial charge < -0.3 is 5.32 Å². The summed E-state index contributed by atoms with van der Waals surface area (Å²) in [4.78, 5) is 2.51. The van der Waals surface area contributed by atoms with E-state index in [1.807, 2.05) is 7.05 Å². The molecule has 1 saturated heterocycles. The van der Waals surface area contributed by atoms with Crippen molar-refractivity contribution in [2.45, 2.75) is 31.8 Å². The fraction of sp³-hybridized carbons (Fsp3) is 0.625. The average Bonchev–Trinajstić information content (AvgIpc) is 2.94. The summed E-state index contributed by atoms with van der Waals surface area (Å²) in [6, 6.07) is 9.93. The quantitative estimate of drug-likeness (QED) is 0.861. The molecule has 1 aliphatic rings. The Morgan fingerprint density at radius 3 is 2.68 bits per heavy atom. The van der Waals surface area contributed by atoms with Gasteiger partial charge in [-0.3, -0.25) is 4.90 Å². The van der Waals surface area contributed by atoms with E-state index in [2.05, 4.69) is 60.2 Å². The van der Waals surface area contributed by atoms with Gasteiger partial charge in [-0.1, -0.05) is 31.2 Å². The summed E-state index contributed by atoms with van der Waals surface area (Å²) in [7, 11) is 4.27. The first-order valence-electron chi connectivity index (χ1n) is 7.22. The molecule has 1 heterocycles. The monoisotopic (exact) mass is 278 g/mol. The van der Waals surface area contributed by atoms with Crippen LogP contribution in [0.3, 0.4) is 0 Å². The molecule has 0 spiro atoms. The van der Waals surface area contributed by atoms with Crippen molar-refractivity contribution in [3.63, 3.8) is 0 Å². The second-order valence-corrected chi connectivity index (χ2v) is 6.78. The summed E-state index contributed by atoms with van der Waals surface area (Å²) < 4.78 is 0. The van der Waals surface area contributed by atoms with Gasteiger partial charge in [0.15, 0.2) is 0 Å². The first-order valence-corrected chi connectivity index (χ1v) is 8.37. The van der Waals surface area contributed by atoms with Crippen LogP contribution in [0.1, 0.15) is 30.4 Å². The summed E-state index contributed by atoms with van der Waals surface area (Å²) in [5, 5.41) is 3.24. The van der Waals surface area contributed by atoms with Gasteiger partial charge >= 0.3 is 0 Å². The van der Waals surface area contributed by atoms with E-state index in [1.165, 1.54) is 29.1 Å². The second kappa shape index (κ2) is 7.32. The van der Waals surface area contributed by atoms with E-state index >= 15 is 0 Å². The zero-order chi connectivity index (χ0) is 13.7. The minimum Gasteiger partial charge on any atom is -0.319 e. The zero-order valence-corrected chi connectivity index (χ0v) is 13.2. The standard InChI is InChI=1S/C16H26N2S/c1-13(10-17-2)15-6-4-14(5-7-15)11-18(3)16-8-9-19-12-16/h4-7,13,16-17H,8-12H2,1-3H3. The van der Waals surface area contributed by atoms with Gasteiger partial charge in [-0.15, -0.1) is 0 Å². The number of benzene rings is 1. The van der Waals surface area contributed by atoms with Gasteiger partial charge in [0.25, 0.3) is 0 Å². The lowest BCUT2D eigenvalue weighted by atomic mass is 9.99. The van der Waals surface area contributed by atoms with Crippen LogP contribution in [-0.2, 0) is 6.54 Å². The van der Waals surface area contributed by atoms with Gasteiger partial charge in [-0.05, 0) is 43.3 Å². The highest BCUT2D eigenvalue weighted by molar-refractivity contribution is 7.99. The summed E-state index contributed by atoms with van der Waals surface area (Å²) >= 11 is 2.08. The maximum atomic E-state index is 3.24. The topological polar surface area (TPSA) is 15.3 Å². The predicted octanol–water partition coefficient (Wildman–Crippen LogP) is 2.95. The molecule has 106 valence electrons. The van der Waals surface area contributed by atoms with E-state index in [4.69, 9.17) is 0 Å². The molecule has 0 aliphatic carbocycles. The van der Waals surface area contributed by atoms with Crippen molar-refractivity contribution < 1.29 is 0 Å². The molecule has 2 nitrogen and oxygen atoms in total. The van der Waals surface area contributed by atoms with Crippen LogP contribution in [-0.4, -0.2) is 43.1 Å². The largest absolute Gasteiger partial charge is 0.319 e. The maximum absolute atomic E-state index is 3.24. The Balaban J connectivity index is 1.90. The fourth-order valence-corrected chi connectivity index (χ4v) is 3.96. The van der Waals surface area contributed by atoms with E-state index in [0.29, 0.717) is 5.92 Å². The van der Waals surface area contributed by atoms with Gasteiger partial charge in [0, 0.05) is 24.9 Å². The number of thioether (sulfide) groups is 1. The van der Waals surface area contributed by atoms with Gasteiger partial charge in [0.2, 0.25) is 0 Å². The Kier molecular flexibility index (Phi) is 5.74. The molecule has 2 rings (SSSR count). The molecule has 1 aromatic rings. The Morgan fingerprint density at radius 1 is 1.37 bits per heavy atom. The average molecular weight is 278 g/mol. The third kappa shape index (κ3) is 4.23. The van der Waals surface area contributed by atoms with E-state index in [9.17, 15) is 0 Å². The molecule has 0 bridgehead atoms. The Labute approximate surface area is 122 Å². The molecule has 1 N–H and O–H groups in total. The second-order valence-electron chi connectivity index (χ2n) is 5.63. The number of nitrogens with one attached hydrogen (secondary N) is 1. The van der Waals surface area contributed by atoms with Gasteiger partial charge in [0.1, 0.15) is 0 Å². The summed E-state index contributed by atoms with van der Waals surface area (Å²) in [5.74, 6) is 3.21.